The van der Waals surface area contributed by atoms with Gasteiger partial charge in [-0.3, -0.25) is 4.79 Å². The fraction of sp³-hybridized carbons (Fsp3) is 0.789. The zero-order chi connectivity index (χ0) is 18.0. The largest absolute Gasteiger partial charge is 0.479 e. The van der Waals surface area contributed by atoms with Crippen LogP contribution in [-0.2, 0) is 19.1 Å². The van der Waals surface area contributed by atoms with Crippen molar-refractivity contribution in [1.82, 2.24) is 0 Å². The average molecular weight is 338 g/mol. The number of carbonyl (C=O) groups is 2. The molecule has 2 rings (SSSR count). The van der Waals surface area contributed by atoms with Crippen molar-refractivity contribution in [3.63, 3.8) is 0 Å². The van der Waals surface area contributed by atoms with E-state index in [0.717, 1.165) is 25.7 Å². The lowest BCUT2D eigenvalue weighted by Crippen LogP contribution is -2.55. The van der Waals surface area contributed by atoms with Crippen LogP contribution in [0.1, 0.15) is 66.2 Å². The molecule has 136 valence electrons. The minimum absolute atomic E-state index is 0.0374. The molecule has 2 aliphatic rings. The van der Waals surface area contributed by atoms with Gasteiger partial charge in [-0.05, 0) is 52.9 Å². The fourth-order valence-electron chi connectivity index (χ4n) is 3.54. The molecule has 0 aliphatic carbocycles. The van der Waals surface area contributed by atoms with Gasteiger partial charge < -0.3 is 14.6 Å². The molecular formula is C19H30O5. The van der Waals surface area contributed by atoms with Gasteiger partial charge in [-0.2, -0.15) is 0 Å². The lowest BCUT2D eigenvalue weighted by Gasteiger charge is -2.42. The molecule has 4 atom stereocenters. The van der Waals surface area contributed by atoms with Gasteiger partial charge in [0.05, 0.1) is 18.3 Å². The van der Waals surface area contributed by atoms with Crippen LogP contribution in [-0.4, -0.2) is 40.8 Å². The maximum absolute atomic E-state index is 12.1. The van der Waals surface area contributed by atoms with E-state index in [2.05, 4.69) is 0 Å². The smallest absolute Gasteiger partial charge is 0.338 e. The van der Waals surface area contributed by atoms with Crippen LogP contribution in [0.15, 0.2) is 11.6 Å². The van der Waals surface area contributed by atoms with E-state index in [1.165, 1.54) is 5.57 Å². The second-order valence-corrected chi connectivity index (χ2v) is 7.79. The van der Waals surface area contributed by atoms with Gasteiger partial charge in [0.1, 0.15) is 5.78 Å². The van der Waals surface area contributed by atoms with Crippen molar-refractivity contribution in [3.05, 3.63) is 11.6 Å². The maximum atomic E-state index is 12.1. The number of hydrogen-bond acceptors (Lipinski definition) is 4. The number of Topliss-reactive ketones (excluding diaryl/α,β-unsaturated/α-hetero) is 1. The van der Waals surface area contributed by atoms with Crippen molar-refractivity contribution >= 4 is 11.8 Å². The first-order valence-corrected chi connectivity index (χ1v) is 8.90. The second kappa shape index (κ2) is 7.36. The van der Waals surface area contributed by atoms with Gasteiger partial charge in [-0.15, -0.1) is 0 Å². The molecule has 24 heavy (non-hydrogen) atoms. The summed E-state index contributed by atoms with van der Waals surface area (Å²) in [6.45, 7) is 8.09. The highest BCUT2D eigenvalue weighted by Crippen LogP contribution is 2.44. The van der Waals surface area contributed by atoms with Gasteiger partial charge in [0.2, 0.25) is 0 Å². The number of ether oxygens (including phenoxy) is 2. The molecule has 0 radical (unpaired) electrons. The van der Waals surface area contributed by atoms with E-state index >= 15 is 0 Å². The van der Waals surface area contributed by atoms with E-state index in [1.54, 1.807) is 0 Å². The third kappa shape index (κ3) is 4.06. The molecule has 2 fully saturated rings. The summed E-state index contributed by atoms with van der Waals surface area (Å²) in [4.78, 5) is 23.5. The quantitative estimate of drug-likeness (QED) is 0.686. The standard InChI is InChI=1S/C19H30O5/c1-13(2)7-8-15(20)14(3)6-5-10-18(4)16-9-11-19(24-16,12-23-18)17(21)22/h7,14,16H,5-6,8-12H2,1-4H3,(H,21,22)/t14?,16?,18?,19-/m0/s1. The van der Waals surface area contributed by atoms with Gasteiger partial charge in [0.15, 0.2) is 5.60 Å². The Morgan fingerprint density at radius 2 is 2.08 bits per heavy atom. The Morgan fingerprint density at radius 3 is 2.71 bits per heavy atom. The minimum atomic E-state index is -1.14. The third-order valence-corrected chi connectivity index (χ3v) is 5.46. The molecule has 0 saturated carbocycles. The van der Waals surface area contributed by atoms with E-state index in [4.69, 9.17) is 9.47 Å². The van der Waals surface area contributed by atoms with Crippen molar-refractivity contribution in [1.29, 1.82) is 0 Å². The van der Waals surface area contributed by atoms with Gasteiger partial charge >= 0.3 is 5.97 Å². The molecule has 2 aliphatic heterocycles. The molecule has 0 amide bonds. The molecule has 0 aromatic heterocycles. The number of rotatable bonds is 8. The van der Waals surface area contributed by atoms with Gasteiger partial charge in [0, 0.05) is 12.3 Å². The molecular weight excluding hydrogens is 308 g/mol. The minimum Gasteiger partial charge on any atom is -0.479 e. The Bertz CT molecular complexity index is 522. The first kappa shape index (κ1) is 19.1. The molecule has 3 unspecified atom stereocenters. The van der Waals surface area contributed by atoms with Crippen LogP contribution in [0, 0.1) is 5.92 Å². The van der Waals surface area contributed by atoms with Crippen LogP contribution in [0.2, 0.25) is 0 Å². The van der Waals surface area contributed by atoms with Crippen molar-refractivity contribution in [3.8, 4) is 0 Å². The Morgan fingerprint density at radius 1 is 1.38 bits per heavy atom. The second-order valence-electron chi connectivity index (χ2n) is 7.79. The average Bonchev–Trinajstić information content (AvgIpc) is 2.91. The molecule has 0 spiro atoms. The molecule has 5 nitrogen and oxygen atoms in total. The highest BCUT2D eigenvalue weighted by atomic mass is 16.6. The number of fused-ring (bicyclic) bond motifs is 2. The number of carboxylic acids is 1. The van der Waals surface area contributed by atoms with E-state index in [0.29, 0.717) is 12.8 Å². The summed E-state index contributed by atoms with van der Waals surface area (Å²) in [5.74, 6) is -0.617. The molecule has 2 heterocycles. The highest BCUT2D eigenvalue weighted by molar-refractivity contribution is 5.82. The van der Waals surface area contributed by atoms with Crippen molar-refractivity contribution < 1.29 is 24.2 Å². The summed E-state index contributed by atoms with van der Waals surface area (Å²) in [5.41, 5.74) is -0.422. The summed E-state index contributed by atoms with van der Waals surface area (Å²) >= 11 is 0. The number of carbonyl (C=O) groups excluding carboxylic acids is 1. The first-order chi connectivity index (χ1) is 11.2. The lowest BCUT2D eigenvalue weighted by atomic mass is 9.88. The van der Waals surface area contributed by atoms with Crippen LogP contribution in [0.25, 0.3) is 0 Å². The predicted octanol–water partition coefficient (Wildman–Crippen LogP) is 3.51. The van der Waals surface area contributed by atoms with Crippen LogP contribution in [0.3, 0.4) is 0 Å². The maximum Gasteiger partial charge on any atom is 0.338 e. The van der Waals surface area contributed by atoms with Gasteiger partial charge in [-0.1, -0.05) is 18.6 Å². The lowest BCUT2D eigenvalue weighted by molar-refractivity contribution is -0.243. The number of allylic oxidation sites excluding steroid dienone is 2. The van der Waals surface area contributed by atoms with Crippen LogP contribution >= 0.6 is 0 Å². The van der Waals surface area contributed by atoms with Crippen molar-refractivity contribution in [2.75, 3.05) is 6.61 Å². The third-order valence-electron chi connectivity index (χ3n) is 5.46. The summed E-state index contributed by atoms with van der Waals surface area (Å²) < 4.78 is 11.8. The summed E-state index contributed by atoms with van der Waals surface area (Å²) in [5, 5.41) is 9.34. The number of carboxylic acid groups (broad SMARTS) is 1. The zero-order valence-electron chi connectivity index (χ0n) is 15.3. The van der Waals surface area contributed by atoms with E-state index in [1.807, 2.05) is 33.8 Å². The number of ketones is 1. The Labute approximate surface area is 144 Å². The molecule has 2 saturated heterocycles. The Kier molecular flexibility index (Phi) is 5.87. The summed E-state index contributed by atoms with van der Waals surface area (Å²) in [6, 6.07) is 0. The predicted molar refractivity (Wildman–Crippen MR) is 90.9 cm³/mol. The molecule has 0 aromatic rings. The van der Waals surface area contributed by atoms with Crippen LogP contribution < -0.4 is 0 Å². The molecule has 1 N–H and O–H groups in total. The molecule has 0 aromatic carbocycles. The summed E-state index contributed by atoms with van der Waals surface area (Å²) in [7, 11) is 0. The highest BCUT2D eigenvalue weighted by Gasteiger charge is 2.57. The van der Waals surface area contributed by atoms with Crippen LogP contribution in [0.5, 0.6) is 0 Å². The zero-order valence-corrected chi connectivity index (χ0v) is 15.3. The van der Waals surface area contributed by atoms with Crippen LogP contribution in [0.4, 0.5) is 0 Å². The number of aliphatic carboxylic acids is 1. The van der Waals surface area contributed by atoms with E-state index in [9.17, 15) is 14.7 Å². The molecule has 5 heteroatoms. The monoisotopic (exact) mass is 338 g/mol. The van der Waals surface area contributed by atoms with E-state index < -0.39 is 17.2 Å². The summed E-state index contributed by atoms with van der Waals surface area (Å²) in [6.07, 6.45) is 6.03. The Hall–Kier alpha value is -1.20. The van der Waals surface area contributed by atoms with Gasteiger partial charge in [-0.25, -0.2) is 4.79 Å². The number of hydrogen-bond donors (Lipinski definition) is 1. The molecule has 2 bridgehead atoms. The normalized spacial score (nSPS) is 33.1. The van der Waals surface area contributed by atoms with E-state index in [-0.39, 0.29) is 24.4 Å². The first-order valence-electron chi connectivity index (χ1n) is 8.90. The topological polar surface area (TPSA) is 72.8 Å². The fourth-order valence-corrected chi connectivity index (χ4v) is 3.54. The van der Waals surface area contributed by atoms with Gasteiger partial charge in [0.25, 0.3) is 0 Å². The Balaban J connectivity index is 1.81. The van der Waals surface area contributed by atoms with Crippen molar-refractivity contribution in [2.24, 2.45) is 5.92 Å². The van der Waals surface area contributed by atoms with Crippen molar-refractivity contribution in [2.45, 2.75) is 83.5 Å². The SMILES string of the molecule is CC(C)=CCC(=O)C(C)CCCC1(C)OC[C@]2(C(=O)O)CCC1O2.